The predicted octanol–water partition coefficient (Wildman–Crippen LogP) is 3.90. The molecule has 2 rings (SSSR count). The molecule has 0 saturated heterocycles. The maximum atomic E-state index is 12.6. The van der Waals surface area contributed by atoms with Crippen molar-refractivity contribution in [2.45, 2.75) is 46.1 Å². The molecule has 6 nitrogen and oxygen atoms in total. The molecule has 0 aliphatic carbocycles. The molecule has 0 saturated carbocycles. The second kappa shape index (κ2) is 10.1. The number of nitrogens with one attached hydrogen (secondary N) is 2. The van der Waals surface area contributed by atoms with Gasteiger partial charge in [0.1, 0.15) is 11.8 Å². The lowest BCUT2D eigenvalue weighted by atomic mass is 9.87. The molecule has 0 aliphatic rings. The molecular formula is C24H31N3O3. The zero-order chi connectivity index (χ0) is 22.3. The van der Waals surface area contributed by atoms with Gasteiger partial charge in [-0.05, 0) is 46.7 Å². The molecule has 0 spiro atoms. The van der Waals surface area contributed by atoms with E-state index >= 15 is 0 Å². The third-order valence-electron chi connectivity index (χ3n) is 4.75. The Morgan fingerprint density at radius 2 is 1.60 bits per heavy atom. The molecule has 6 heteroatoms. The molecule has 160 valence electrons. The molecule has 2 amide bonds. The van der Waals surface area contributed by atoms with E-state index in [-0.39, 0.29) is 23.1 Å². The molecule has 2 aromatic carbocycles. The summed E-state index contributed by atoms with van der Waals surface area (Å²) in [5.41, 5.74) is 5.17. The summed E-state index contributed by atoms with van der Waals surface area (Å²) in [5, 5.41) is 6.82. The number of rotatable bonds is 7. The average Bonchev–Trinajstić information content (AvgIpc) is 2.71. The Morgan fingerprint density at radius 3 is 2.10 bits per heavy atom. The zero-order valence-electron chi connectivity index (χ0n) is 18.5. The third kappa shape index (κ3) is 6.44. The summed E-state index contributed by atoms with van der Waals surface area (Å²) in [5.74, 6) is -0.134. The molecule has 2 aromatic rings. The Labute approximate surface area is 178 Å². The fraction of sp³-hybridized carbons (Fsp3) is 0.375. The number of hydrogen-bond donors (Lipinski definition) is 2. The van der Waals surface area contributed by atoms with Crippen LogP contribution in [0, 0.1) is 5.92 Å². The highest BCUT2D eigenvalue weighted by molar-refractivity contribution is 5.97. The van der Waals surface area contributed by atoms with Gasteiger partial charge in [0.25, 0.3) is 11.8 Å². The van der Waals surface area contributed by atoms with E-state index in [1.54, 1.807) is 37.6 Å². The van der Waals surface area contributed by atoms with E-state index in [4.69, 9.17) is 4.74 Å². The van der Waals surface area contributed by atoms with Crippen LogP contribution in [0.4, 0.5) is 0 Å². The highest BCUT2D eigenvalue weighted by Gasteiger charge is 2.24. The second-order valence-electron chi connectivity index (χ2n) is 8.53. The van der Waals surface area contributed by atoms with Crippen LogP contribution in [0.15, 0.2) is 53.6 Å². The summed E-state index contributed by atoms with van der Waals surface area (Å²) in [6.45, 7) is 10.2. The molecule has 0 fully saturated rings. The maximum Gasteiger partial charge on any atom is 0.262 e. The molecule has 0 radical (unpaired) electrons. The first-order valence-corrected chi connectivity index (χ1v) is 10.00. The van der Waals surface area contributed by atoms with E-state index in [2.05, 4.69) is 48.7 Å². The number of hydrogen-bond acceptors (Lipinski definition) is 4. The van der Waals surface area contributed by atoms with Crippen molar-refractivity contribution < 1.29 is 14.3 Å². The van der Waals surface area contributed by atoms with E-state index in [1.165, 1.54) is 5.56 Å². The molecular weight excluding hydrogens is 378 g/mol. The molecule has 0 bridgehead atoms. The highest BCUT2D eigenvalue weighted by atomic mass is 16.5. The predicted molar refractivity (Wildman–Crippen MR) is 120 cm³/mol. The number of nitrogens with zero attached hydrogens (tertiary/aromatic N) is 1. The molecule has 0 aliphatic heterocycles. The van der Waals surface area contributed by atoms with Gasteiger partial charge in [0.05, 0.1) is 13.3 Å². The molecule has 0 aromatic heterocycles. The summed E-state index contributed by atoms with van der Waals surface area (Å²) >= 11 is 0. The van der Waals surface area contributed by atoms with Crippen LogP contribution < -0.4 is 15.5 Å². The van der Waals surface area contributed by atoms with Gasteiger partial charge in [-0.25, -0.2) is 5.43 Å². The van der Waals surface area contributed by atoms with Crippen molar-refractivity contribution >= 4 is 18.0 Å². The van der Waals surface area contributed by atoms with Gasteiger partial charge in [-0.2, -0.15) is 5.10 Å². The molecule has 30 heavy (non-hydrogen) atoms. The third-order valence-corrected chi connectivity index (χ3v) is 4.75. The fourth-order valence-corrected chi connectivity index (χ4v) is 2.81. The summed E-state index contributed by atoms with van der Waals surface area (Å²) in [6, 6.07) is 14.0. The number of carbonyl (C=O) groups excluding carboxylic acids is 2. The van der Waals surface area contributed by atoms with Crippen LogP contribution in [0.5, 0.6) is 5.75 Å². The van der Waals surface area contributed by atoms with Crippen molar-refractivity contribution in [2.75, 3.05) is 7.11 Å². The van der Waals surface area contributed by atoms with Crippen molar-refractivity contribution in [2.24, 2.45) is 11.0 Å². The summed E-state index contributed by atoms with van der Waals surface area (Å²) in [4.78, 5) is 25.1. The van der Waals surface area contributed by atoms with Gasteiger partial charge in [-0.15, -0.1) is 0 Å². The lowest BCUT2D eigenvalue weighted by molar-refractivity contribution is -0.123. The maximum absolute atomic E-state index is 12.6. The van der Waals surface area contributed by atoms with E-state index in [0.717, 1.165) is 5.56 Å². The minimum absolute atomic E-state index is 0.0798. The van der Waals surface area contributed by atoms with E-state index in [9.17, 15) is 9.59 Å². The molecule has 1 atom stereocenters. The van der Waals surface area contributed by atoms with Crippen molar-refractivity contribution in [3.8, 4) is 5.75 Å². The Morgan fingerprint density at radius 1 is 1.00 bits per heavy atom. The smallest absolute Gasteiger partial charge is 0.262 e. The quantitative estimate of drug-likeness (QED) is 0.538. The van der Waals surface area contributed by atoms with Crippen LogP contribution in [-0.4, -0.2) is 31.2 Å². The largest absolute Gasteiger partial charge is 0.497 e. The normalized spacial score (nSPS) is 12.6. The first kappa shape index (κ1) is 23.1. The van der Waals surface area contributed by atoms with Gasteiger partial charge in [0.2, 0.25) is 0 Å². The zero-order valence-corrected chi connectivity index (χ0v) is 18.5. The lowest BCUT2D eigenvalue weighted by Gasteiger charge is -2.20. The van der Waals surface area contributed by atoms with Crippen molar-refractivity contribution in [3.63, 3.8) is 0 Å². The number of hydrazone groups is 1. The lowest BCUT2D eigenvalue weighted by Crippen LogP contribution is -2.48. The Kier molecular flexibility index (Phi) is 7.75. The van der Waals surface area contributed by atoms with Crippen molar-refractivity contribution in [3.05, 3.63) is 65.2 Å². The van der Waals surface area contributed by atoms with Crippen molar-refractivity contribution in [1.29, 1.82) is 0 Å². The van der Waals surface area contributed by atoms with Gasteiger partial charge < -0.3 is 10.1 Å². The number of benzene rings is 2. The summed E-state index contributed by atoms with van der Waals surface area (Å²) in [6.07, 6.45) is 1.59. The Bertz CT molecular complexity index is 879. The Balaban J connectivity index is 1.99. The van der Waals surface area contributed by atoms with Crippen LogP contribution in [0.1, 0.15) is 56.1 Å². The number of carbonyl (C=O) groups is 2. The monoisotopic (exact) mass is 409 g/mol. The van der Waals surface area contributed by atoms with Gasteiger partial charge in [0, 0.05) is 5.56 Å². The van der Waals surface area contributed by atoms with Crippen LogP contribution in [0.3, 0.4) is 0 Å². The van der Waals surface area contributed by atoms with Gasteiger partial charge in [0.15, 0.2) is 0 Å². The van der Waals surface area contributed by atoms with E-state index < -0.39 is 6.04 Å². The molecule has 0 heterocycles. The summed E-state index contributed by atoms with van der Waals surface area (Å²) in [7, 11) is 1.56. The molecule has 2 N–H and O–H groups in total. The first-order valence-electron chi connectivity index (χ1n) is 10.00. The SMILES string of the molecule is COc1ccc(C(=O)NC(C(=O)NN=Cc2ccc(C(C)(C)C)cc2)C(C)C)cc1. The summed E-state index contributed by atoms with van der Waals surface area (Å²) < 4.78 is 5.10. The van der Waals surface area contributed by atoms with Crippen LogP contribution in [0.25, 0.3) is 0 Å². The first-order chi connectivity index (χ1) is 14.1. The average molecular weight is 410 g/mol. The molecule has 1 unspecified atom stereocenters. The minimum Gasteiger partial charge on any atom is -0.497 e. The number of ether oxygens (including phenoxy) is 1. The minimum atomic E-state index is -0.708. The fourth-order valence-electron chi connectivity index (χ4n) is 2.81. The van der Waals surface area contributed by atoms with Crippen LogP contribution >= 0.6 is 0 Å². The van der Waals surface area contributed by atoms with Crippen LogP contribution in [-0.2, 0) is 10.2 Å². The van der Waals surface area contributed by atoms with E-state index in [0.29, 0.717) is 11.3 Å². The second-order valence-corrected chi connectivity index (χ2v) is 8.53. The number of methoxy groups -OCH3 is 1. The Hall–Kier alpha value is -3.15. The standard InChI is InChI=1S/C24H31N3O3/c1-16(2)21(26-22(28)18-9-13-20(30-6)14-10-18)23(29)27-25-15-17-7-11-19(12-8-17)24(3,4)5/h7-16,21H,1-6H3,(H,26,28)(H,27,29). The van der Waals surface area contributed by atoms with Gasteiger partial charge >= 0.3 is 0 Å². The number of amides is 2. The van der Waals surface area contributed by atoms with E-state index in [1.807, 2.05) is 26.0 Å². The topological polar surface area (TPSA) is 79.8 Å². The van der Waals surface area contributed by atoms with Gasteiger partial charge in [-0.3, -0.25) is 9.59 Å². The van der Waals surface area contributed by atoms with Crippen LogP contribution in [0.2, 0.25) is 0 Å². The van der Waals surface area contributed by atoms with Gasteiger partial charge in [-0.1, -0.05) is 58.9 Å². The van der Waals surface area contributed by atoms with Crippen molar-refractivity contribution in [1.82, 2.24) is 10.7 Å². The highest BCUT2D eigenvalue weighted by Crippen LogP contribution is 2.21.